The fraction of sp³-hybridized carbons (Fsp3) is 0.889. The van der Waals surface area contributed by atoms with Crippen LogP contribution in [0.5, 0.6) is 0 Å². The van der Waals surface area contributed by atoms with E-state index in [0.717, 1.165) is 19.3 Å². The van der Waals surface area contributed by atoms with Crippen LogP contribution in [-0.4, -0.2) is 5.91 Å². The molecule has 66 valence electrons. The van der Waals surface area contributed by atoms with E-state index in [1.54, 1.807) is 0 Å². The molecule has 0 radical (unpaired) electrons. The Labute approximate surface area is 69.2 Å². The first kappa shape index (κ1) is 10.5. The molecule has 0 saturated heterocycles. The van der Waals surface area contributed by atoms with E-state index in [0.29, 0.717) is 5.92 Å². The predicted octanol–water partition coefficient (Wildman–Crippen LogP) is 1.93. The minimum Gasteiger partial charge on any atom is -0.369 e. The number of rotatable bonds is 5. The second-order valence-electron chi connectivity index (χ2n) is 3.48. The summed E-state index contributed by atoms with van der Waals surface area (Å²) in [5, 5.41) is 0. The molecule has 0 heterocycles. The molecule has 1 amide bonds. The van der Waals surface area contributed by atoms with Crippen molar-refractivity contribution in [3.63, 3.8) is 0 Å². The molecular weight excluding hydrogens is 138 g/mol. The molecule has 2 N–H and O–H groups in total. The molecule has 2 nitrogen and oxygen atoms in total. The largest absolute Gasteiger partial charge is 0.369 e. The first-order chi connectivity index (χ1) is 5.07. The van der Waals surface area contributed by atoms with E-state index in [1.807, 2.05) is 6.92 Å². The summed E-state index contributed by atoms with van der Waals surface area (Å²) in [6.45, 7) is 6.33. The third kappa shape index (κ3) is 4.82. The molecule has 0 aliphatic carbocycles. The lowest BCUT2D eigenvalue weighted by Crippen LogP contribution is -2.22. The Morgan fingerprint density at radius 1 is 1.36 bits per heavy atom. The maximum atomic E-state index is 10.8. The molecule has 0 aromatic rings. The SMILES string of the molecule is CCC(CCC(C)C)C(N)=O. The van der Waals surface area contributed by atoms with Crippen LogP contribution in [0.25, 0.3) is 0 Å². The van der Waals surface area contributed by atoms with Crippen molar-refractivity contribution in [2.75, 3.05) is 0 Å². The molecule has 0 aromatic heterocycles. The topological polar surface area (TPSA) is 43.1 Å². The van der Waals surface area contributed by atoms with Gasteiger partial charge < -0.3 is 5.73 Å². The quantitative estimate of drug-likeness (QED) is 0.651. The number of primary amides is 1. The van der Waals surface area contributed by atoms with Gasteiger partial charge in [-0.25, -0.2) is 0 Å². The van der Waals surface area contributed by atoms with Crippen LogP contribution < -0.4 is 5.73 Å². The van der Waals surface area contributed by atoms with Crippen LogP contribution in [0.2, 0.25) is 0 Å². The van der Waals surface area contributed by atoms with Crippen molar-refractivity contribution in [3.8, 4) is 0 Å². The molecule has 11 heavy (non-hydrogen) atoms. The van der Waals surface area contributed by atoms with E-state index in [-0.39, 0.29) is 11.8 Å². The van der Waals surface area contributed by atoms with Crippen molar-refractivity contribution in [1.82, 2.24) is 0 Å². The van der Waals surface area contributed by atoms with Gasteiger partial charge in [0.25, 0.3) is 0 Å². The van der Waals surface area contributed by atoms with Crippen molar-refractivity contribution in [2.24, 2.45) is 17.6 Å². The zero-order valence-corrected chi connectivity index (χ0v) is 7.76. The molecular formula is C9H19NO. The smallest absolute Gasteiger partial charge is 0.220 e. The number of carbonyl (C=O) groups is 1. The van der Waals surface area contributed by atoms with Crippen molar-refractivity contribution >= 4 is 5.91 Å². The van der Waals surface area contributed by atoms with E-state index in [1.165, 1.54) is 0 Å². The normalized spacial score (nSPS) is 13.5. The van der Waals surface area contributed by atoms with Crippen molar-refractivity contribution in [3.05, 3.63) is 0 Å². The van der Waals surface area contributed by atoms with Crippen LogP contribution in [0.1, 0.15) is 40.0 Å². The Morgan fingerprint density at radius 2 is 1.91 bits per heavy atom. The van der Waals surface area contributed by atoms with Gasteiger partial charge in [0.2, 0.25) is 5.91 Å². The number of hydrogen-bond donors (Lipinski definition) is 1. The minimum atomic E-state index is -0.145. The summed E-state index contributed by atoms with van der Waals surface area (Å²) >= 11 is 0. The Bertz CT molecular complexity index is 121. The van der Waals surface area contributed by atoms with Crippen LogP contribution in [0, 0.1) is 11.8 Å². The zero-order valence-electron chi connectivity index (χ0n) is 7.76. The predicted molar refractivity (Wildman–Crippen MR) is 47.0 cm³/mol. The van der Waals surface area contributed by atoms with Crippen LogP contribution in [-0.2, 0) is 4.79 Å². The number of nitrogens with two attached hydrogens (primary N) is 1. The van der Waals surface area contributed by atoms with Crippen LogP contribution in [0.3, 0.4) is 0 Å². The lowest BCUT2D eigenvalue weighted by atomic mass is 9.95. The van der Waals surface area contributed by atoms with Gasteiger partial charge in [-0.2, -0.15) is 0 Å². The van der Waals surface area contributed by atoms with E-state index >= 15 is 0 Å². The number of amides is 1. The fourth-order valence-corrected chi connectivity index (χ4v) is 1.08. The summed E-state index contributed by atoms with van der Waals surface area (Å²) in [4.78, 5) is 10.8. The fourth-order valence-electron chi connectivity index (χ4n) is 1.08. The van der Waals surface area contributed by atoms with Gasteiger partial charge in [-0.1, -0.05) is 27.2 Å². The van der Waals surface area contributed by atoms with Gasteiger partial charge in [-0.15, -0.1) is 0 Å². The highest BCUT2D eigenvalue weighted by molar-refractivity contribution is 5.76. The summed E-state index contributed by atoms with van der Waals surface area (Å²) in [5.41, 5.74) is 5.19. The molecule has 1 atom stereocenters. The van der Waals surface area contributed by atoms with Gasteiger partial charge in [0.1, 0.15) is 0 Å². The molecule has 0 aromatic carbocycles. The van der Waals surface area contributed by atoms with E-state index in [2.05, 4.69) is 13.8 Å². The Kier molecular flexibility index (Phi) is 4.92. The lowest BCUT2D eigenvalue weighted by Gasteiger charge is -2.11. The van der Waals surface area contributed by atoms with Gasteiger partial charge >= 0.3 is 0 Å². The Hall–Kier alpha value is -0.530. The van der Waals surface area contributed by atoms with Gasteiger partial charge in [-0.05, 0) is 18.8 Å². The second-order valence-corrected chi connectivity index (χ2v) is 3.48. The van der Waals surface area contributed by atoms with Crippen molar-refractivity contribution in [2.45, 2.75) is 40.0 Å². The number of hydrogen-bond acceptors (Lipinski definition) is 1. The third-order valence-electron chi connectivity index (χ3n) is 1.99. The number of carbonyl (C=O) groups excluding carboxylic acids is 1. The maximum absolute atomic E-state index is 10.8. The first-order valence-electron chi connectivity index (χ1n) is 4.37. The summed E-state index contributed by atoms with van der Waals surface area (Å²) in [6, 6.07) is 0. The first-order valence-corrected chi connectivity index (χ1v) is 4.37. The Balaban J connectivity index is 3.61. The summed E-state index contributed by atoms with van der Waals surface area (Å²) in [6.07, 6.45) is 2.92. The van der Waals surface area contributed by atoms with Gasteiger partial charge in [0.05, 0.1) is 0 Å². The highest BCUT2D eigenvalue weighted by atomic mass is 16.1. The standard InChI is InChI=1S/C9H19NO/c1-4-8(9(10)11)6-5-7(2)3/h7-8H,4-6H2,1-3H3,(H2,10,11). The van der Waals surface area contributed by atoms with Crippen molar-refractivity contribution < 1.29 is 4.79 Å². The van der Waals surface area contributed by atoms with Crippen molar-refractivity contribution in [1.29, 1.82) is 0 Å². The highest BCUT2D eigenvalue weighted by Gasteiger charge is 2.12. The van der Waals surface area contributed by atoms with E-state index in [4.69, 9.17) is 5.73 Å². The molecule has 0 bridgehead atoms. The summed E-state index contributed by atoms with van der Waals surface area (Å²) in [5.74, 6) is 0.619. The van der Waals surface area contributed by atoms with E-state index < -0.39 is 0 Å². The molecule has 1 unspecified atom stereocenters. The highest BCUT2D eigenvalue weighted by Crippen LogP contribution is 2.14. The third-order valence-corrected chi connectivity index (χ3v) is 1.99. The molecule has 0 aliphatic rings. The monoisotopic (exact) mass is 157 g/mol. The average Bonchev–Trinajstić information content (AvgIpc) is 1.87. The molecule has 0 aliphatic heterocycles. The molecule has 0 saturated carbocycles. The zero-order chi connectivity index (χ0) is 8.85. The average molecular weight is 157 g/mol. The van der Waals surface area contributed by atoms with Crippen LogP contribution >= 0.6 is 0 Å². The van der Waals surface area contributed by atoms with Gasteiger partial charge in [0.15, 0.2) is 0 Å². The van der Waals surface area contributed by atoms with Gasteiger partial charge in [-0.3, -0.25) is 4.79 Å². The van der Waals surface area contributed by atoms with Crippen LogP contribution in [0.15, 0.2) is 0 Å². The van der Waals surface area contributed by atoms with Gasteiger partial charge in [0, 0.05) is 5.92 Å². The molecule has 0 fully saturated rings. The second kappa shape index (κ2) is 5.16. The maximum Gasteiger partial charge on any atom is 0.220 e. The Morgan fingerprint density at radius 3 is 2.18 bits per heavy atom. The molecule has 0 rings (SSSR count). The minimum absolute atomic E-state index is 0.0948. The summed E-state index contributed by atoms with van der Waals surface area (Å²) in [7, 11) is 0. The van der Waals surface area contributed by atoms with Crippen LogP contribution in [0.4, 0.5) is 0 Å². The lowest BCUT2D eigenvalue weighted by molar-refractivity contribution is -0.122. The molecule has 2 heteroatoms. The summed E-state index contributed by atoms with van der Waals surface area (Å²) < 4.78 is 0. The molecule has 0 spiro atoms. The van der Waals surface area contributed by atoms with E-state index in [9.17, 15) is 4.79 Å².